The van der Waals surface area contributed by atoms with Gasteiger partial charge >= 0.3 is 42.2 Å². The minimum atomic E-state index is -7.51. The molecule has 0 aromatic carbocycles. The van der Waals surface area contributed by atoms with Gasteiger partial charge in [-0.25, -0.2) is 9.13 Å². The second-order valence-corrected chi connectivity index (χ2v) is 4.55. The molecule has 1 fully saturated rings. The maximum Gasteiger partial charge on any atom is 0.439 e. The fourth-order valence-electron chi connectivity index (χ4n) is 1.61. The van der Waals surface area contributed by atoms with E-state index >= 15 is 0 Å². The minimum absolute atomic E-state index is 1.74. The lowest BCUT2D eigenvalue weighted by Crippen LogP contribution is -2.81. The number of alkyl halides is 14. The lowest BCUT2D eigenvalue weighted by molar-refractivity contribution is -0.594. The molecule has 1 atom stereocenters. The van der Waals surface area contributed by atoms with Gasteiger partial charge in [0.2, 0.25) is 0 Å². The lowest BCUT2D eigenvalue weighted by Gasteiger charge is -2.51. The molecule has 0 bridgehead atoms. The van der Waals surface area contributed by atoms with Crippen LogP contribution in [0.3, 0.4) is 0 Å². The van der Waals surface area contributed by atoms with Crippen molar-refractivity contribution in [3.8, 4) is 0 Å². The Hall–Kier alpha value is -1.10. The third-order valence-electron chi connectivity index (χ3n) is 2.94. The summed E-state index contributed by atoms with van der Waals surface area (Å²) in [4.78, 5) is -3.96. The van der Waals surface area contributed by atoms with E-state index in [4.69, 9.17) is 5.11 Å². The summed E-state index contributed by atoms with van der Waals surface area (Å²) in [6, 6.07) is -22.0. The molecular formula is C8H3F14NO2. The highest BCUT2D eigenvalue weighted by atomic mass is 19.4. The average molecular weight is 411 g/mol. The Kier molecular flexibility index (Phi) is 4.58. The van der Waals surface area contributed by atoms with Gasteiger partial charge in [0.1, 0.15) is 0 Å². The average Bonchev–Trinajstić information content (AvgIpc) is 2.31. The summed E-state index contributed by atoms with van der Waals surface area (Å²) in [7, 11) is 0. The molecule has 17 heteroatoms. The number of ether oxygens (including phenoxy) is 1. The summed E-state index contributed by atoms with van der Waals surface area (Å²) >= 11 is 0. The number of hydrogen-bond acceptors (Lipinski definition) is 3. The topological polar surface area (TPSA) is 32.7 Å². The first-order chi connectivity index (χ1) is 10.6. The van der Waals surface area contributed by atoms with Crippen molar-refractivity contribution in [2.45, 2.75) is 42.2 Å². The summed E-state index contributed by atoms with van der Waals surface area (Å²) in [6.07, 6.45) is -20.9. The zero-order chi connectivity index (χ0) is 20.5. The fraction of sp³-hybridized carbons (Fsp3) is 1.00. The molecule has 1 saturated heterocycles. The van der Waals surface area contributed by atoms with E-state index in [-0.39, 0.29) is 0 Å². The second kappa shape index (κ2) is 5.21. The van der Waals surface area contributed by atoms with Crippen LogP contribution in [0.5, 0.6) is 0 Å². The van der Waals surface area contributed by atoms with Gasteiger partial charge in [-0.15, -0.1) is 4.90 Å². The van der Waals surface area contributed by atoms with Gasteiger partial charge in [0.15, 0.2) is 0 Å². The molecule has 0 aliphatic carbocycles. The zero-order valence-corrected chi connectivity index (χ0v) is 10.8. The Morgan fingerprint density at radius 1 is 0.720 bits per heavy atom. The van der Waals surface area contributed by atoms with Crippen LogP contribution in [0.4, 0.5) is 61.5 Å². The predicted octanol–water partition coefficient (Wildman–Crippen LogP) is 3.55. The summed E-state index contributed by atoms with van der Waals surface area (Å²) < 4.78 is 183. The molecular weight excluding hydrogens is 408 g/mol. The molecule has 1 heterocycles. The summed E-state index contributed by atoms with van der Waals surface area (Å²) in [6.45, 7) is -3.55. The van der Waals surface area contributed by atoms with Gasteiger partial charge in [-0.1, -0.05) is 0 Å². The molecule has 0 aromatic rings. The first kappa shape index (κ1) is 21.9. The van der Waals surface area contributed by atoms with E-state index in [9.17, 15) is 61.5 Å². The summed E-state index contributed by atoms with van der Waals surface area (Å²) in [5.74, 6) is 0. The van der Waals surface area contributed by atoms with E-state index in [1.807, 2.05) is 0 Å². The van der Waals surface area contributed by atoms with Crippen LogP contribution in [0.15, 0.2) is 0 Å². The Bertz CT molecular complexity index is 503. The van der Waals surface area contributed by atoms with Gasteiger partial charge in [0.25, 0.3) is 0 Å². The predicted molar refractivity (Wildman–Crippen MR) is 44.6 cm³/mol. The number of aliphatic hydroxyl groups excluding tert-OH is 1. The van der Waals surface area contributed by atoms with Crippen LogP contribution in [0.1, 0.15) is 0 Å². The molecule has 1 unspecified atom stereocenters. The van der Waals surface area contributed by atoms with Crippen LogP contribution in [0, 0.1) is 0 Å². The first-order valence-electron chi connectivity index (χ1n) is 5.39. The lowest BCUT2D eigenvalue weighted by atomic mass is 10.0. The van der Waals surface area contributed by atoms with Crippen LogP contribution >= 0.6 is 0 Å². The molecule has 150 valence electrons. The van der Waals surface area contributed by atoms with Gasteiger partial charge in [-0.2, -0.15) is 57.1 Å². The van der Waals surface area contributed by atoms with Gasteiger partial charge in [0.05, 0.1) is 6.61 Å². The van der Waals surface area contributed by atoms with E-state index in [2.05, 4.69) is 0 Å². The maximum atomic E-state index is 13.5. The third-order valence-corrected chi connectivity index (χ3v) is 2.94. The second-order valence-electron chi connectivity index (χ2n) is 4.55. The van der Waals surface area contributed by atoms with E-state index in [0.717, 1.165) is 0 Å². The van der Waals surface area contributed by atoms with Crippen LogP contribution < -0.4 is 0 Å². The Labute approximate surface area is 126 Å². The molecule has 1 rings (SSSR count). The highest BCUT2D eigenvalue weighted by Crippen LogP contribution is 2.62. The summed E-state index contributed by atoms with van der Waals surface area (Å²) in [5, 5.41) is 8.09. The maximum absolute atomic E-state index is 13.5. The number of rotatable bonds is 3. The highest BCUT2D eigenvalue weighted by Gasteiger charge is 2.91. The van der Waals surface area contributed by atoms with Crippen molar-refractivity contribution in [3.05, 3.63) is 0 Å². The standard InChI is InChI=1S/C8H3F14NO2/c9-2(1-24,3(10,11)12)4(13,14)23-5(15,16)7(19,20)25-8(21,22)6(23,17)18/h24H,1H2. The number of halogens is 14. The first-order valence-corrected chi connectivity index (χ1v) is 5.39. The van der Waals surface area contributed by atoms with Crippen molar-refractivity contribution < 1.29 is 71.3 Å². The molecule has 0 saturated carbocycles. The van der Waals surface area contributed by atoms with E-state index in [1.54, 1.807) is 4.74 Å². The smallest absolute Gasteiger partial charge is 0.392 e. The van der Waals surface area contributed by atoms with Crippen molar-refractivity contribution in [3.63, 3.8) is 0 Å². The van der Waals surface area contributed by atoms with E-state index < -0.39 is 53.7 Å². The number of nitrogens with zero attached hydrogens (tertiary/aromatic N) is 1. The molecule has 0 spiro atoms. The molecule has 0 aromatic heterocycles. The van der Waals surface area contributed by atoms with E-state index in [1.165, 1.54) is 0 Å². The van der Waals surface area contributed by atoms with Crippen LogP contribution in [-0.2, 0) is 4.74 Å². The van der Waals surface area contributed by atoms with Crippen molar-refractivity contribution in [2.24, 2.45) is 0 Å². The molecule has 3 nitrogen and oxygen atoms in total. The van der Waals surface area contributed by atoms with Gasteiger partial charge in [-0.3, -0.25) is 0 Å². The zero-order valence-electron chi connectivity index (χ0n) is 10.8. The van der Waals surface area contributed by atoms with Crippen LogP contribution in [0.25, 0.3) is 0 Å². The SMILES string of the molecule is OCC(F)(C(F)(F)F)C(F)(F)N1C(F)(F)C(F)(F)OC(F)(F)C1(F)F. The Morgan fingerprint density at radius 2 is 1.04 bits per heavy atom. The van der Waals surface area contributed by atoms with Crippen LogP contribution in [0.2, 0.25) is 0 Å². The number of morpholine rings is 1. The van der Waals surface area contributed by atoms with Crippen molar-refractivity contribution in [2.75, 3.05) is 6.61 Å². The number of aliphatic hydroxyl groups is 1. The third kappa shape index (κ3) is 2.61. The monoisotopic (exact) mass is 411 g/mol. The molecule has 1 aliphatic heterocycles. The molecule has 1 aliphatic rings. The molecule has 0 radical (unpaired) electrons. The van der Waals surface area contributed by atoms with Crippen molar-refractivity contribution >= 4 is 0 Å². The highest BCUT2D eigenvalue weighted by molar-refractivity contribution is 5.07. The van der Waals surface area contributed by atoms with Gasteiger partial charge in [0, 0.05) is 0 Å². The van der Waals surface area contributed by atoms with Crippen molar-refractivity contribution in [1.82, 2.24) is 4.90 Å². The van der Waals surface area contributed by atoms with E-state index in [0.29, 0.717) is 0 Å². The molecule has 1 N–H and O–H groups in total. The van der Waals surface area contributed by atoms with Crippen LogP contribution in [-0.4, -0.2) is 58.8 Å². The number of hydrogen-bond donors (Lipinski definition) is 1. The largest absolute Gasteiger partial charge is 0.439 e. The fourth-order valence-corrected chi connectivity index (χ4v) is 1.61. The normalized spacial score (nSPS) is 28.4. The van der Waals surface area contributed by atoms with Gasteiger partial charge in [-0.05, 0) is 0 Å². The Morgan fingerprint density at radius 3 is 1.28 bits per heavy atom. The molecule has 0 amide bonds. The Balaban J connectivity index is 3.78. The quantitative estimate of drug-likeness (QED) is 0.570. The van der Waals surface area contributed by atoms with Crippen molar-refractivity contribution in [1.29, 1.82) is 0 Å². The summed E-state index contributed by atoms with van der Waals surface area (Å²) in [5.41, 5.74) is -6.75. The minimum Gasteiger partial charge on any atom is -0.392 e. The molecule has 25 heavy (non-hydrogen) atoms. The van der Waals surface area contributed by atoms with Gasteiger partial charge < -0.3 is 5.11 Å².